The quantitative estimate of drug-likeness (QED) is 0.619. The molecule has 0 aromatic heterocycles. The van der Waals surface area contributed by atoms with Gasteiger partial charge in [0.25, 0.3) is 0 Å². The molecule has 5 heteroatoms. The van der Waals surface area contributed by atoms with Gasteiger partial charge in [0.15, 0.2) is 5.96 Å². The maximum Gasteiger partial charge on any atom is 0.191 e. The van der Waals surface area contributed by atoms with Crippen LogP contribution in [-0.4, -0.2) is 50.8 Å². The van der Waals surface area contributed by atoms with Crippen LogP contribution in [0.4, 0.5) is 0 Å². The van der Waals surface area contributed by atoms with Gasteiger partial charge in [-0.1, -0.05) is 31.2 Å². The van der Waals surface area contributed by atoms with Crippen LogP contribution in [-0.2, 0) is 17.8 Å². The number of nitrogens with one attached hydrogen (secondary N) is 2. The Morgan fingerprint density at radius 1 is 1.14 bits per heavy atom. The zero-order chi connectivity index (χ0) is 15.6. The molecule has 2 rings (SSSR count). The van der Waals surface area contributed by atoms with Crippen LogP contribution < -0.4 is 10.6 Å². The maximum atomic E-state index is 5.38. The van der Waals surface area contributed by atoms with E-state index >= 15 is 0 Å². The van der Waals surface area contributed by atoms with Crippen LogP contribution in [0.1, 0.15) is 24.5 Å². The average molecular weight is 304 g/mol. The van der Waals surface area contributed by atoms with Crippen molar-refractivity contribution in [3.8, 4) is 0 Å². The van der Waals surface area contributed by atoms with E-state index in [4.69, 9.17) is 4.74 Å². The van der Waals surface area contributed by atoms with Crippen molar-refractivity contribution in [3.05, 3.63) is 35.4 Å². The fraction of sp³-hybridized carbons (Fsp3) is 0.588. The van der Waals surface area contributed by atoms with Crippen molar-refractivity contribution in [3.63, 3.8) is 0 Å². The Hall–Kier alpha value is -1.59. The third kappa shape index (κ3) is 5.66. The number of hydrogen-bond donors (Lipinski definition) is 2. The van der Waals surface area contributed by atoms with Crippen LogP contribution in [0.5, 0.6) is 0 Å². The van der Waals surface area contributed by atoms with E-state index in [1.54, 1.807) is 7.05 Å². The van der Waals surface area contributed by atoms with Gasteiger partial charge in [-0.15, -0.1) is 0 Å². The largest absolute Gasteiger partial charge is 0.379 e. The molecular weight excluding hydrogens is 276 g/mol. The maximum absolute atomic E-state index is 5.38. The predicted octanol–water partition coefficient (Wildman–Crippen LogP) is 1.59. The Morgan fingerprint density at radius 3 is 2.45 bits per heavy atom. The van der Waals surface area contributed by atoms with Gasteiger partial charge in [0.05, 0.1) is 13.2 Å². The number of rotatable bonds is 6. The number of hydrogen-bond acceptors (Lipinski definition) is 3. The van der Waals surface area contributed by atoms with E-state index in [2.05, 4.69) is 51.7 Å². The zero-order valence-corrected chi connectivity index (χ0v) is 13.8. The van der Waals surface area contributed by atoms with Crippen LogP contribution in [0.3, 0.4) is 0 Å². The molecule has 0 radical (unpaired) electrons. The normalized spacial score (nSPS) is 16.5. The summed E-state index contributed by atoms with van der Waals surface area (Å²) >= 11 is 0. The van der Waals surface area contributed by atoms with E-state index in [-0.39, 0.29) is 0 Å². The molecule has 122 valence electrons. The van der Waals surface area contributed by atoms with Crippen molar-refractivity contribution in [1.29, 1.82) is 0 Å². The zero-order valence-electron chi connectivity index (χ0n) is 13.8. The molecule has 2 N–H and O–H groups in total. The molecule has 1 heterocycles. The van der Waals surface area contributed by atoms with Crippen LogP contribution >= 0.6 is 0 Å². The lowest BCUT2D eigenvalue weighted by atomic mass is 10.1. The van der Waals surface area contributed by atoms with E-state index in [1.165, 1.54) is 11.1 Å². The number of nitrogens with zero attached hydrogens (tertiary/aromatic N) is 2. The van der Waals surface area contributed by atoms with E-state index < -0.39 is 0 Å². The average Bonchev–Trinajstić information content (AvgIpc) is 2.57. The Kier molecular flexibility index (Phi) is 7.19. The summed E-state index contributed by atoms with van der Waals surface area (Å²) in [7, 11) is 1.80. The second kappa shape index (κ2) is 9.43. The summed E-state index contributed by atoms with van der Waals surface area (Å²) in [6.07, 6.45) is 1.09. The lowest BCUT2D eigenvalue weighted by molar-refractivity contribution is 0.0342. The van der Waals surface area contributed by atoms with Crippen molar-refractivity contribution in [2.45, 2.75) is 26.4 Å². The van der Waals surface area contributed by atoms with E-state index in [0.717, 1.165) is 58.3 Å². The minimum atomic E-state index is 0.793. The second-order valence-electron chi connectivity index (χ2n) is 5.56. The highest BCUT2D eigenvalue weighted by Gasteiger charge is 2.10. The Bertz CT molecular complexity index is 452. The highest BCUT2D eigenvalue weighted by atomic mass is 16.5. The summed E-state index contributed by atoms with van der Waals surface area (Å²) in [4.78, 5) is 6.65. The van der Waals surface area contributed by atoms with Gasteiger partial charge in [-0.25, -0.2) is 0 Å². The number of guanidine groups is 1. The molecule has 0 saturated carbocycles. The molecular formula is C17H28N4O. The first-order valence-electron chi connectivity index (χ1n) is 8.14. The van der Waals surface area contributed by atoms with Gasteiger partial charge in [0.2, 0.25) is 0 Å². The fourth-order valence-electron chi connectivity index (χ4n) is 2.43. The molecule has 1 aromatic rings. The first-order valence-corrected chi connectivity index (χ1v) is 8.14. The first-order chi connectivity index (χ1) is 10.8. The molecule has 22 heavy (non-hydrogen) atoms. The highest BCUT2D eigenvalue weighted by molar-refractivity contribution is 5.79. The van der Waals surface area contributed by atoms with Crippen molar-refractivity contribution in [2.24, 2.45) is 4.99 Å². The van der Waals surface area contributed by atoms with Gasteiger partial charge in [-0.05, 0) is 17.5 Å². The summed E-state index contributed by atoms with van der Waals surface area (Å²) < 4.78 is 5.38. The SMILES string of the molecule is CCCNC(=NC)NCc1ccc(CN2CCOCC2)cc1. The summed E-state index contributed by atoms with van der Waals surface area (Å²) in [5, 5.41) is 6.61. The second-order valence-corrected chi connectivity index (χ2v) is 5.56. The van der Waals surface area contributed by atoms with Gasteiger partial charge in [-0.2, -0.15) is 0 Å². The smallest absolute Gasteiger partial charge is 0.191 e. The number of aliphatic imine (C=N–C) groups is 1. The lowest BCUT2D eigenvalue weighted by Gasteiger charge is -2.26. The van der Waals surface area contributed by atoms with Crippen molar-refractivity contribution >= 4 is 5.96 Å². The fourth-order valence-corrected chi connectivity index (χ4v) is 2.43. The Morgan fingerprint density at radius 2 is 1.82 bits per heavy atom. The molecule has 0 aliphatic carbocycles. The first kappa shape index (κ1) is 16.8. The van der Waals surface area contributed by atoms with E-state index in [1.807, 2.05) is 0 Å². The van der Waals surface area contributed by atoms with Gasteiger partial charge in [-0.3, -0.25) is 9.89 Å². The van der Waals surface area contributed by atoms with Gasteiger partial charge < -0.3 is 15.4 Å². The topological polar surface area (TPSA) is 48.9 Å². The third-order valence-electron chi connectivity index (χ3n) is 3.76. The molecule has 0 atom stereocenters. The predicted molar refractivity (Wildman–Crippen MR) is 91.0 cm³/mol. The molecule has 0 spiro atoms. The van der Waals surface area contributed by atoms with Crippen LogP contribution in [0.2, 0.25) is 0 Å². The molecule has 1 aliphatic heterocycles. The van der Waals surface area contributed by atoms with Gasteiger partial charge >= 0.3 is 0 Å². The van der Waals surface area contributed by atoms with E-state index in [9.17, 15) is 0 Å². The minimum Gasteiger partial charge on any atom is -0.379 e. The minimum absolute atomic E-state index is 0.793. The highest BCUT2D eigenvalue weighted by Crippen LogP contribution is 2.09. The molecule has 0 amide bonds. The van der Waals surface area contributed by atoms with Gasteiger partial charge in [0, 0.05) is 39.8 Å². The van der Waals surface area contributed by atoms with Crippen LogP contribution in [0.25, 0.3) is 0 Å². The molecule has 1 saturated heterocycles. The summed E-state index contributed by atoms with van der Waals surface area (Å²) in [5.41, 5.74) is 2.63. The molecule has 1 aromatic carbocycles. The summed E-state index contributed by atoms with van der Waals surface area (Å²) in [6, 6.07) is 8.81. The summed E-state index contributed by atoms with van der Waals surface area (Å²) in [6.45, 7) is 8.66. The number of ether oxygens (including phenoxy) is 1. The molecule has 0 unspecified atom stereocenters. The Labute approximate surface area is 133 Å². The number of benzene rings is 1. The third-order valence-corrected chi connectivity index (χ3v) is 3.76. The monoisotopic (exact) mass is 304 g/mol. The van der Waals surface area contributed by atoms with Crippen molar-refractivity contribution in [1.82, 2.24) is 15.5 Å². The van der Waals surface area contributed by atoms with E-state index in [0.29, 0.717) is 0 Å². The van der Waals surface area contributed by atoms with Gasteiger partial charge in [0.1, 0.15) is 0 Å². The molecule has 5 nitrogen and oxygen atoms in total. The number of morpholine rings is 1. The standard InChI is InChI=1S/C17H28N4O/c1-3-8-19-17(18-2)20-13-15-4-6-16(7-5-15)14-21-9-11-22-12-10-21/h4-7H,3,8-14H2,1-2H3,(H2,18,19,20). The molecule has 0 bridgehead atoms. The van der Waals surface area contributed by atoms with Crippen molar-refractivity contribution < 1.29 is 4.74 Å². The van der Waals surface area contributed by atoms with Crippen LogP contribution in [0.15, 0.2) is 29.3 Å². The molecule has 1 fully saturated rings. The lowest BCUT2D eigenvalue weighted by Crippen LogP contribution is -2.37. The Balaban J connectivity index is 1.78. The van der Waals surface area contributed by atoms with Crippen LogP contribution in [0, 0.1) is 0 Å². The molecule has 1 aliphatic rings. The summed E-state index contributed by atoms with van der Waals surface area (Å²) in [5.74, 6) is 0.860. The van der Waals surface area contributed by atoms with Crippen molar-refractivity contribution in [2.75, 3.05) is 39.9 Å².